The summed E-state index contributed by atoms with van der Waals surface area (Å²) in [5.41, 5.74) is 3.41. The van der Waals surface area contributed by atoms with Crippen LogP contribution in [0.25, 0.3) is 0 Å². The van der Waals surface area contributed by atoms with E-state index in [4.69, 9.17) is 0 Å². The second kappa shape index (κ2) is 4.06. The SMILES string of the molecule is Cc1ccc(C(O)c2cc(C)nn2C)cn1. The van der Waals surface area contributed by atoms with Gasteiger partial charge in [0.25, 0.3) is 0 Å². The minimum atomic E-state index is -0.667. The monoisotopic (exact) mass is 217 g/mol. The lowest BCUT2D eigenvalue weighted by molar-refractivity contribution is 0.209. The molecule has 0 aliphatic carbocycles. The third-order valence-electron chi connectivity index (χ3n) is 2.57. The van der Waals surface area contributed by atoms with E-state index in [1.54, 1.807) is 10.9 Å². The van der Waals surface area contributed by atoms with Crippen LogP contribution in [0.1, 0.15) is 28.7 Å². The maximum Gasteiger partial charge on any atom is 0.122 e. The van der Waals surface area contributed by atoms with Crippen LogP contribution in [0.2, 0.25) is 0 Å². The molecule has 2 heterocycles. The van der Waals surface area contributed by atoms with Crippen LogP contribution in [0.5, 0.6) is 0 Å². The van der Waals surface area contributed by atoms with E-state index in [1.807, 2.05) is 39.1 Å². The molecular formula is C12H15N3O. The van der Waals surface area contributed by atoms with E-state index in [2.05, 4.69) is 10.1 Å². The average molecular weight is 217 g/mol. The van der Waals surface area contributed by atoms with Gasteiger partial charge in [-0.15, -0.1) is 0 Å². The number of nitrogens with zero attached hydrogens (tertiary/aromatic N) is 3. The molecular weight excluding hydrogens is 202 g/mol. The topological polar surface area (TPSA) is 50.9 Å². The smallest absolute Gasteiger partial charge is 0.122 e. The van der Waals surface area contributed by atoms with Crippen molar-refractivity contribution in [1.29, 1.82) is 0 Å². The van der Waals surface area contributed by atoms with E-state index >= 15 is 0 Å². The molecule has 16 heavy (non-hydrogen) atoms. The molecule has 0 aliphatic heterocycles. The van der Waals surface area contributed by atoms with Crippen LogP contribution in [0, 0.1) is 13.8 Å². The van der Waals surface area contributed by atoms with Crippen molar-refractivity contribution in [3.63, 3.8) is 0 Å². The summed E-state index contributed by atoms with van der Waals surface area (Å²) in [7, 11) is 1.83. The Labute approximate surface area is 94.6 Å². The van der Waals surface area contributed by atoms with Crippen LogP contribution < -0.4 is 0 Å². The van der Waals surface area contributed by atoms with Crippen LogP contribution in [-0.2, 0) is 7.05 Å². The fourth-order valence-corrected chi connectivity index (χ4v) is 1.70. The Balaban J connectivity index is 2.35. The number of aromatic nitrogens is 3. The Morgan fingerprint density at radius 3 is 2.50 bits per heavy atom. The molecule has 4 nitrogen and oxygen atoms in total. The van der Waals surface area contributed by atoms with Gasteiger partial charge in [-0.05, 0) is 26.0 Å². The molecule has 1 atom stereocenters. The first kappa shape index (κ1) is 10.8. The Morgan fingerprint density at radius 1 is 1.25 bits per heavy atom. The summed E-state index contributed by atoms with van der Waals surface area (Å²) >= 11 is 0. The molecule has 0 fully saturated rings. The quantitative estimate of drug-likeness (QED) is 0.829. The normalized spacial score (nSPS) is 12.8. The number of hydrogen-bond acceptors (Lipinski definition) is 3. The zero-order valence-corrected chi connectivity index (χ0v) is 9.68. The number of aliphatic hydroxyl groups excluding tert-OH is 1. The molecule has 2 aromatic heterocycles. The Bertz CT molecular complexity index is 487. The van der Waals surface area contributed by atoms with Crippen LogP contribution in [0.15, 0.2) is 24.4 Å². The molecule has 2 rings (SSSR count). The maximum absolute atomic E-state index is 10.2. The summed E-state index contributed by atoms with van der Waals surface area (Å²) in [6, 6.07) is 5.65. The summed E-state index contributed by atoms with van der Waals surface area (Å²) in [4.78, 5) is 4.17. The summed E-state index contributed by atoms with van der Waals surface area (Å²) in [6.45, 7) is 3.83. The highest BCUT2D eigenvalue weighted by molar-refractivity contribution is 5.25. The third-order valence-corrected chi connectivity index (χ3v) is 2.57. The lowest BCUT2D eigenvalue weighted by Crippen LogP contribution is -2.06. The number of rotatable bonds is 2. The zero-order chi connectivity index (χ0) is 11.7. The predicted molar refractivity (Wildman–Crippen MR) is 61.0 cm³/mol. The van der Waals surface area contributed by atoms with Crippen LogP contribution in [0.4, 0.5) is 0 Å². The largest absolute Gasteiger partial charge is 0.382 e. The highest BCUT2D eigenvalue weighted by Crippen LogP contribution is 2.21. The highest BCUT2D eigenvalue weighted by atomic mass is 16.3. The molecule has 84 valence electrons. The molecule has 0 amide bonds. The molecule has 0 aliphatic rings. The van der Waals surface area contributed by atoms with Gasteiger partial charge in [-0.25, -0.2) is 0 Å². The molecule has 0 spiro atoms. The van der Waals surface area contributed by atoms with Crippen molar-refractivity contribution in [1.82, 2.24) is 14.8 Å². The minimum absolute atomic E-state index is 0.667. The molecule has 1 unspecified atom stereocenters. The molecule has 0 bridgehead atoms. The maximum atomic E-state index is 10.2. The molecule has 0 saturated carbocycles. The van der Waals surface area contributed by atoms with Gasteiger partial charge in [0.05, 0.1) is 11.4 Å². The van der Waals surface area contributed by atoms with E-state index in [9.17, 15) is 5.11 Å². The number of aryl methyl sites for hydroxylation is 3. The van der Waals surface area contributed by atoms with E-state index in [0.29, 0.717) is 0 Å². The number of pyridine rings is 1. The van der Waals surface area contributed by atoms with Gasteiger partial charge < -0.3 is 5.11 Å². The number of hydrogen-bond donors (Lipinski definition) is 1. The predicted octanol–water partition coefficient (Wildman–Crippen LogP) is 1.51. The van der Waals surface area contributed by atoms with Gasteiger partial charge in [0.1, 0.15) is 6.10 Å². The van der Waals surface area contributed by atoms with Gasteiger partial charge >= 0.3 is 0 Å². The van der Waals surface area contributed by atoms with Gasteiger partial charge in [0.2, 0.25) is 0 Å². The fourth-order valence-electron chi connectivity index (χ4n) is 1.70. The molecule has 2 aromatic rings. The van der Waals surface area contributed by atoms with E-state index in [0.717, 1.165) is 22.6 Å². The Hall–Kier alpha value is -1.68. The van der Waals surface area contributed by atoms with Gasteiger partial charge in [-0.3, -0.25) is 9.67 Å². The molecule has 0 radical (unpaired) electrons. The second-order valence-electron chi connectivity index (χ2n) is 3.97. The fraction of sp³-hybridized carbons (Fsp3) is 0.333. The van der Waals surface area contributed by atoms with Crippen LogP contribution in [-0.4, -0.2) is 19.9 Å². The third kappa shape index (κ3) is 1.97. The molecule has 0 aromatic carbocycles. The average Bonchev–Trinajstić information content (AvgIpc) is 2.58. The molecule has 1 N–H and O–H groups in total. The summed E-state index contributed by atoms with van der Waals surface area (Å²) in [5.74, 6) is 0. The van der Waals surface area contributed by atoms with E-state index < -0.39 is 6.10 Å². The summed E-state index contributed by atoms with van der Waals surface area (Å²) in [5, 5.41) is 14.4. The Kier molecular flexibility index (Phi) is 2.75. The van der Waals surface area contributed by atoms with Crippen LogP contribution >= 0.6 is 0 Å². The summed E-state index contributed by atoms with van der Waals surface area (Å²) in [6.07, 6.45) is 1.03. The zero-order valence-electron chi connectivity index (χ0n) is 9.68. The van der Waals surface area contributed by atoms with Gasteiger partial charge in [0, 0.05) is 24.5 Å². The van der Waals surface area contributed by atoms with Crippen molar-refractivity contribution in [2.45, 2.75) is 20.0 Å². The van der Waals surface area contributed by atoms with Crippen molar-refractivity contribution in [3.8, 4) is 0 Å². The number of aliphatic hydroxyl groups is 1. The second-order valence-corrected chi connectivity index (χ2v) is 3.97. The van der Waals surface area contributed by atoms with E-state index in [-0.39, 0.29) is 0 Å². The standard InChI is InChI=1S/C12H15N3O/c1-8-4-5-10(7-13-8)12(16)11-6-9(2)14-15(11)3/h4-7,12,16H,1-3H3. The van der Waals surface area contributed by atoms with Crippen molar-refractivity contribution in [3.05, 3.63) is 47.0 Å². The van der Waals surface area contributed by atoms with Crippen molar-refractivity contribution < 1.29 is 5.11 Å². The van der Waals surface area contributed by atoms with Gasteiger partial charge in [0.15, 0.2) is 0 Å². The van der Waals surface area contributed by atoms with Crippen molar-refractivity contribution in [2.75, 3.05) is 0 Å². The highest BCUT2D eigenvalue weighted by Gasteiger charge is 2.15. The Morgan fingerprint density at radius 2 is 2.00 bits per heavy atom. The lowest BCUT2D eigenvalue weighted by atomic mass is 10.1. The van der Waals surface area contributed by atoms with Gasteiger partial charge in [-0.2, -0.15) is 5.10 Å². The first-order chi connectivity index (χ1) is 7.58. The summed E-state index contributed by atoms with van der Waals surface area (Å²) < 4.78 is 1.69. The lowest BCUT2D eigenvalue weighted by Gasteiger charge is -2.10. The van der Waals surface area contributed by atoms with Gasteiger partial charge in [-0.1, -0.05) is 6.07 Å². The van der Waals surface area contributed by atoms with Crippen molar-refractivity contribution >= 4 is 0 Å². The minimum Gasteiger partial charge on any atom is -0.382 e. The molecule has 0 saturated heterocycles. The van der Waals surface area contributed by atoms with E-state index in [1.165, 1.54) is 0 Å². The molecule has 4 heteroatoms. The first-order valence-corrected chi connectivity index (χ1v) is 5.19. The first-order valence-electron chi connectivity index (χ1n) is 5.19. The van der Waals surface area contributed by atoms with Crippen molar-refractivity contribution in [2.24, 2.45) is 7.05 Å². The van der Waals surface area contributed by atoms with Crippen LogP contribution in [0.3, 0.4) is 0 Å².